The second kappa shape index (κ2) is 5.81. The summed E-state index contributed by atoms with van der Waals surface area (Å²) in [5.74, 6) is 0. The summed E-state index contributed by atoms with van der Waals surface area (Å²) >= 11 is 23.1. The van der Waals surface area contributed by atoms with Gasteiger partial charge in [0.15, 0.2) is 0 Å². The van der Waals surface area contributed by atoms with Gasteiger partial charge in [0, 0.05) is 21.4 Å². The molecule has 0 saturated heterocycles. The first-order valence-electron chi connectivity index (χ1n) is 4.67. The van der Waals surface area contributed by atoms with Crippen molar-refractivity contribution in [2.45, 2.75) is 6.54 Å². The molecule has 1 heterocycles. The predicted molar refractivity (Wildman–Crippen MR) is 80.8 cm³/mol. The molecule has 0 amide bonds. The van der Waals surface area contributed by atoms with Gasteiger partial charge in [0.2, 0.25) is 0 Å². The van der Waals surface area contributed by atoms with Crippen LogP contribution in [-0.2, 0) is 6.54 Å². The molecule has 0 spiro atoms. The molecule has 1 N–H and O–H groups in total. The Balaban J connectivity index is 2.17. The molecule has 0 aliphatic heterocycles. The van der Waals surface area contributed by atoms with Crippen molar-refractivity contribution in [1.82, 2.24) is 0 Å². The molecular formula is C11H7BrCl3NS. The van der Waals surface area contributed by atoms with E-state index in [0.29, 0.717) is 27.3 Å². The molecule has 2 aromatic rings. The third kappa shape index (κ3) is 3.30. The minimum atomic E-state index is 0.522. The lowest BCUT2D eigenvalue weighted by molar-refractivity contribution is 1.15. The van der Waals surface area contributed by atoms with E-state index in [1.54, 1.807) is 23.5 Å². The van der Waals surface area contributed by atoms with Gasteiger partial charge in [-0.25, -0.2) is 0 Å². The Morgan fingerprint density at radius 2 is 1.76 bits per heavy atom. The minimum absolute atomic E-state index is 0.522. The summed E-state index contributed by atoms with van der Waals surface area (Å²) in [7, 11) is 0. The molecule has 0 atom stereocenters. The van der Waals surface area contributed by atoms with Crippen molar-refractivity contribution in [2.75, 3.05) is 5.32 Å². The highest BCUT2D eigenvalue weighted by atomic mass is 79.9. The molecule has 90 valence electrons. The van der Waals surface area contributed by atoms with Crippen LogP contribution in [0.15, 0.2) is 27.4 Å². The maximum Gasteiger partial charge on any atom is 0.0722 e. The molecule has 0 aliphatic carbocycles. The lowest BCUT2D eigenvalue weighted by atomic mass is 10.3. The lowest BCUT2D eigenvalue weighted by Gasteiger charge is -2.10. The van der Waals surface area contributed by atoms with Gasteiger partial charge in [-0.2, -0.15) is 11.3 Å². The Morgan fingerprint density at radius 3 is 2.29 bits per heavy atom. The van der Waals surface area contributed by atoms with Crippen LogP contribution >= 0.6 is 62.1 Å². The van der Waals surface area contributed by atoms with Crippen LogP contribution in [0.25, 0.3) is 0 Å². The highest BCUT2D eigenvalue weighted by Gasteiger charge is 2.08. The number of nitrogens with one attached hydrogen (secondary N) is 1. The fourth-order valence-electron chi connectivity index (χ4n) is 1.33. The average Bonchev–Trinajstić information content (AvgIpc) is 2.62. The fourth-order valence-corrected chi connectivity index (χ4v) is 3.72. The van der Waals surface area contributed by atoms with Crippen LogP contribution in [0.2, 0.25) is 15.1 Å². The first kappa shape index (κ1) is 13.5. The largest absolute Gasteiger partial charge is 0.378 e. The third-order valence-corrected chi connectivity index (χ3v) is 4.80. The van der Waals surface area contributed by atoms with E-state index in [4.69, 9.17) is 34.8 Å². The molecule has 0 fully saturated rings. The Bertz CT molecular complexity index is 518. The van der Waals surface area contributed by atoms with Crippen molar-refractivity contribution >= 4 is 67.8 Å². The number of hydrogen-bond acceptors (Lipinski definition) is 2. The number of benzene rings is 1. The van der Waals surface area contributed by atoms with E-state index in [1.165, 1.54) is 0 Å². The van der Waals surface area contributed by atoms with Gasteiger partial charge in [-0.3, -0.25) is 0 Å². The summed E-state index contributed by atoms with van der Waals surface area (Å²) in [6.45, 7) is 0.658. The van der Waals surface area contributed by atoms with Crippen LogP contribution in [0.1, 0.15) is 5.56 Å². The highest BCUT2D eigenvalue weighted by molar-refractivity contribution is 9.10. The van der Waals surface area contributed by atoms with Crippen LogP contribution in [0, 0.1) is 0 Å². The highest BCUT2D eigenvalue weighted by Crippen LogP contribution is 2.34. The molecule has 0 saturated carbocycles. The summed E-state index contributed by atoms with van der Waals surface area (Å²) in [5, 5.41) is 8.87. The molecule has 1 aromatic carbocycles. The number of thiophene rings is 1. The number of anilines is 1. The molecule has 6 heteroatoms. The van der Waals surface area contributed by atoms with Gasteiger partial charge in [0.05, 0.1) is 15.7 Å². The van der Waals surface area contributed by atoms with Gasteiger partial charge in [-0.15, -0.1) is 0 Å². The quantitative estimate of drug-likeness (QED) is 0.689. The third-order valence-electron chi connectivity index (χ3n) is 2.15. The first-order chi connectivity index (χ1) is 8.08. The maximum atomic E-state index is 6.07. The lowest BCUT2D eigenvalue weighted by Crippen LogP contribution is -2.00. The van der Waals surface area contributed by atoms with Crippen molar-refractivity contribution in [3.8, 4) is 0 Å². The second-order valence-electron chi connectivity index (χ2n) is 3.34. The van der Waals surface area contributed by atoms with Crippen molar-refractivity contribution in [3.05, 3.63) is 48.0 Å². The zero-order valence-corrected chi connectivity index (χ0v) is 13.1. The number of rotatable bonds is 3. The van der Waals surface area contributed by atoms with Crippen molar-refractivity contribution in [2.24, 2.45) is 0 Å². The molecule has 0 radical (unpaired) electrons. The van der Waals surface area contributed by atoms with Crippen LogP contribution < -0.4 is 5.32 Å². The van der Waals surface area contributed by atoms with Crippen molar-refractivity contribution in [1.29, 1.82) is 0 Å². The predicted octanol–water partition coefficient (Wildman–Crippen LogP) is 6.08. The van der Waals surface area contributed by atoms with Gasteiger partial charge in [-0.1, -0.05) is 34.8 Å². The van der Waals surface area contributed by atoms with Gasteiger partial charge in [0.25, 0.3) is 0 Å². The summed E-state index contributed by atoms with van der Waals surface area (Å²) in [6.07, 6.45) is 0. The van der Waals surface area contributed by atoms with Crippen LogP contribution in [0.5, 0.6) is 0 Å². The number of hydrogen-bond donors (Lipinski definition) is 1. The van der Waals surface area contributed by atoms with E-state index < -0.39 is 0 Å². The first-order valence-corrected chi connectivity index (χ1v) is 7.54. The molecule has 0 bridgehead atoms. The maximum absolute atomic E-state index is 6.07. The standard InChI is InChI=1S/C11H7BrCl3NS/c12-8-5-17-4-6(8)3-16-11-9(14)1-7(13)2-10(11)15/h1-2,4-5,16H,3H2. The zero-order valence-electron chi connectivity index (χ0n) is 8.44. The Hall–Kier alpha value is 0.0700. The summed E-state index contributed by atoms with van der Waals surface area (Å²) in [5.41, 5.74) is 1.87. The fraction of sp³-hybridized carbons (Fsp3) is 0.0909. The van der Waals surface area contributed by atoms with Gasteiger partial charge in [0.1, 0.15) is 0 Å². The van der Waals surface area contributed by atoms with Crippen LogP contribution in [0.3, 0.4) is 0 Å². The smallest absolute Gasteiger partial charge is 0.0722 e. The summed E-state index contributed by atoms with van der Waals surface area (Å²) in [4.78, 5) is 0. The normalized spacial score (nSPS) is 10.6. The Kier molecular flexibility index (Phi) is 4.61. The zero-order chi connectivity index (χ0) is 12.4. The monoisotopic (exact) mass is 369 g/mol. The molecular weight excluding hydrogens is 364 g/mol. The Morgan fingerprint density at radius 1 is 1.12 bits per heavy atom. The molecule has 0 aliphatic rings. The summed E-state index contributed by atoms with van der Waals surface area (Å²) < 4.78 is 1.08. The molecule has 1 nitrogen and oxygen atoms in total. The molecule has 1 aromatic heterocycles. The van der Waals surface area contributed by atoms with E-state index in [1.807, 2.05) is 5.38 Å². The van der Waals surface area contributed by atoms with Gasteiger partial charge < -0.3 is 5.32 Å². The van der Waals surface area contributed by atoms with E-state index in [2.05, 4.69) is 26.6 Å². The summed E-state index contributed by atoms with van der Waals surface area (Å²) in [6, 6.07) is 3.33. The van der Waals surface area contributed by atoms with E-state index in [0.717, 1.165) is 10.0 Å². The van der Waals surface area contributed by atoms with E-state index in [9.17, 15) is 0 Å². The number of halogens is 4. The van der Waals surface area contributed by atoms with Crippen LogP contribution in [0.4, 0.5) is 5.69 Å². The minimum Gasteiger partial charge on any atom is -0.378 e. The molecule has 0 unspecified atom stereocenters. The van der Waals surface area contributed by atoms with Crippen molar-refractivity contribution < 1.29 is 0 Å². The van der Waals surface area contributed by atoms with Crippen molar-refractivity contribution in [3.63, 3.8) is 0 Å². The average molecular weight is 372 g/mol. The Labute approximate surface area is 127 Å². The second-order valence-corrected chi connectivity index (χ2v) is 6.19. The van der Waals surface area contributed by atoms with E-state index >= 15 is 0 Å². The molecule has 17 heavy (non-hydrogen) atoms. The molecule has 2 rings (SSSR count). The topological polar surface area (TPSA) is 12.0 Å². The van der Waals surface area contributed by atoms with Crippen LogP contribution in [-0.4, -0.2) is 0 Å². The van der Waals surface area contributed by atoms with E-state index in [-0.39, 0.29) is 0 Å². The van der Waals surface area contributed by atoms with Gasteiger partial charge >= 0.3 is 0 Å². The SMILES string of the molecule is Clc1cc(Cl)c(NCc2cscc2Br)c(Cl)c1. The van der Waals surface area contributed by atoms with Gasteiger partial charge in [-0.05, 0) is 39.0 Å².